The molecule has 1 aromatic carbocycles. The van der Waals surface area contributed by atoms with Crippen molar-refractivity contribution in [1.29, 1.82) is 0 Å². The number of hydrogen-bond acceptors (Lipinski definition) is 3. The van der Waals surface area contributed by atoms with Crippen molar-refractivity contribution in [2.75, 3.05) is 5.32 Å². The Morgan fingerprint density at radius 2 is 2.31 bits per heavy atom. The zero-order chi connectivity index (χ0) is 11.5. The number of halogens is 1. The third-order valence-corrected chi connectivity index (χ3v) is 4.18. The van der Waals surface area contributed by atoms with E-state index in [2.05, 4.69) is 26.2 Å². The fourth-order valence-electron chi connectivity index (χ4n) is 1.29. The Hall–Kier alpha value is -0.940. The zero-order valence-electron chi connectivity index (χ0n) is 8.74. The second kappa shape index (κ2) is 4.93. The Morgan fingerprint density at radius 3 is 3.00 bits per heavy atom. The highest BCUT2D eigenvalue weighted by molar-refractivity contribution is 9.10. The van der Waals surface area contributed by atoms with Crippen molar-refractivity contribution in [2.24, 2.45) is 0 Å². The van der Waals surface area contributed by atoms with Crippen LogP contribution in [0.5, 0.6) is 0 Å². The number of thiazole rings is 1. The van der Waals surface area contributed by atoms with E-state index >= 15 is 0 Å². The number of fused-ring (bicyclic) bond motifs is 1. The number of alkyl halides is 1. The summed E-state index contributed by atoms with van der Waals surface area (Å²) >= 11 is 4.80. The minimum atomic E-state index is -0.153. The maximum atomic E-state index is 11.6. The molecular weight excluding hydrogens is 288 g/mol. The first-order valence-electron chi connectivity index (χ1n) is 5.01. The van der Waals surface area contributed by atoms with Gasteiger partial charge >= 0.3 is 0 Å². The molecule has 84 valence electrons. The smallest absolute Gasteiger partial charge is 0.239 e. The lowest BCUT2D eigenvalue weighted by molar-refractivity contribution is -0.115. The van der Waals surface area contributed by atoms with Gasteiger partial charge in [-0.05, 0) is 18.6 Å². The Kier molecular flexibility index (Phi) is 3.56. The third-order valence-electron chi connectivity index (χ3n) is 2.17. The van der Waals surface area contributed by atoms with Gasteiger partial charge in [0.05, 0.1) is 15.0 Å². The minimum absolute atomic E-state index is 0.0402. The van der Waals surface area contributed by atoms with Gasteiger partial charge in [0, 0.05) is 0 Å². The van der Waals surface area contributed by atoms with Crippen LogP contribution in [-0.4, -0.2) is 15.7 Å². The van der Waals surface area contributed by atoms with Gasteiger partial charge in [-0.2, -0.15) is 0 Å². The Balaban J connectivity index is 2.18. The van der Waals surface area contributed by atoms with Gasteiger partial charge in [0.15, 0.2) is 5.13 Å². The van der Waals surface area contributed by atoms with Gasteiger partial charge in [-0.1, -0.05) is 46.3 Å². The molecule has 1 atom stereocenters. The third kappa shape index (κ3) is 2.41. The van der Waals surface area contributed by atoms with E-state index in [-0.39, 0.29) is 10.7 Å². The van der Waals surface area contributed by atoms with Gasteiger partial charge in [0.1, 0.15) is 0 Å². The van der Waals surface area contributed by atoms with Crippen LogP contribution in [0, 0.1) is 0 Å². The van der Waals surface area contributed by atoms with E-state index in [0.29, 0.717) is 5.13 Å². The maximum absolute atomic E-state index is 11.6. The molecule has 0 aliphatic carbocycles. The van der Waals surface area contributed by atoms with Crippen LogP contribution in [-0.2, 0) is 4.79 Å². The number of carbonyl (C=O) groups is 1. The van der Waals surface area contributed by atoms with Crippen molar-refractivity contribution in [3.63, 3.8) is 0 Å². The first-order chi connectivity index (χ1) is 7.70. The van der Waals surface area contributed by atoms with Crippen LogP contribution in [0.2, 0.25) is 0 Å². The fraction of sp³-hybridized carbons (Fsp3) is 0.273. The van der Waals surface area contributed by atoms with Gasteiger partial charge in [-0.3, -0.25) is 4.79 Å². The lowest BCUT2D eigenvalue weighted by atomic mass is 10.3. The van der Waals surface area contributed by atoms with Gasteiger partial charge in [-0.25, -0.2) is 4.98 Å². The zero-order valence-corrected chi connectivity index (χ0v) is 11.1. The largest absolute Gasteiger partial charge is 0.301 e. The van der Waals surface area contributed by atoms with Crippen LogP contribution in [0.25, 0.3) is 10.2 Å². The van der Waals surface area contributed by atoms with Crippen molar-refractivity contribution in [3.8, 4) is 0 Å². The molecule has 0 unspecified atom stereocenters. The predicted molar refractivity (Wildman–Crippen MR) is 71.3 cm³/mol. The van der Waals surface area contributed by atoms with Crippen LogP contribution in [0.1, 0.15) is 13.3 Å². The molecule has 16 heavy (non-hydrogen) atoms. The number of carbonyl (C=O) groups excluding carboxylic acids is 1. The summed E-state index contributed by atoms with van der Waals surface area (Å²) in [6.07, 6.45) is 0.761. The number of amides is 1. The van der Waals surface area contributed by atoms with Crippen LogP contribution >= 0.6 is 27.3 Å². The van der Waals surface area contributed by atoms with Crippen molar-refractivity contribution < 1.29 is 4.79 Å². The Labute approximate surface area is 106 Å². The van der Waals surface area contributed by atoms with Crippen LogP contribution in [0.4, 0.5) is 5.13 Å². The van der Waals surface area contributed by atoms with Crippen molar-refractivity contribution >= 4 is 48.5 Å². The molecule has 0 bridgehead atoms. The van der Waals surface area contributed by atoms with E-state index in [9.17, 15) is 4.79 Å². The van der Waals surface area contributed by atoms with E-state index in [4.69, 9.17) is 0 Å². The molecule has 1 N–H and O–H groups in total. The van der Waals surface area contributed by atoms with Gasteiger partial charge in [0.25, 0.3) is 0 Å². The minimum Gasteiger partial charge on any atom is -0.301 e. The molecule has 0 radical (unpaired) electrons. The van der Waals surface area contributed by atoms with Crippen molar-refractivity contribution in [2.45, 2.75) is 18.2 Å². The highest BCUT2D eigenvalue weighted by atomic mass is 79.9. The fourth-order valence-corrected chi connectivity index (χ4v) is 2.28. The van der Waals surface area contributed by atoms with Crippen LogP contribution < -0.4 is 5.32 Å². The lowest BCUT2D eigenvalue weighted by Gasteiger charge is -2.04. The molecule has 0 saturated carbocycles. The summed E-state index contributed by atoms with van der Waals surface area (Å²) < 4.78 is 1.08. The Bertz CT molecular complexity index is 478. The number of nitrogens with zero attached hydrogens (tertiary/aromatic N) is 1. The quantitative estimate of drug-likeness (QED) is 0.883. The maximum Gasteiger partial charge on any atom is 0.239 e. The highest BCUT2D eigenvalue weighted by Crippen LogP contribution is 2.25. The molecule has 3 nitrogen and oxygen atoms in total. The number of benzene rings is 1. The SMILES string of the molecule is CC[C@H](Br)C(=O)Nc1nc2ccccc2s1. The van der Waals surface area contributed by atoms with E-state index in [1.807, 2.05) is 31.2 Å². The van der Waals surface area contributed by atoms with Gasteiger partial charge < -0.3 is 5.32 Å². The molecule has 1 aromatic heterocycles. The monoisotopic (exact) mass is 298 g/mol. The first-order valence-corrected chi connectivity index (χ1v) is 6.74. The number of rotatable bonds is 3. The molecule has 0 fully saturated rings. The summed E-state index contributed by atoms with van der Waals surface area (Å²) in [6, 6.07) is 7.83. The van der Waals surface area contributed by atoms with Gasteiger partial charge in [0.2, 0.25) is 5.91 Å². The number of nitrogens with one attached hydrogen (secondary N) is 1. The summed E-state index contributed by atoms with van der Waals surface area (Å²) in [6.45, 7) is 1.96. The topological polar surface area (TPSA) is 42.0 Å². The number of anilines is 1. The normalized spacial score (nSPS) is 12.6. The average Bonchev–Trinajstić information content (AvgIpc) is 2.69. The molecule has 0 aliphatic heterocycles. The van der Waals surface area contributed by atoms with Crippen molar-refractivity contribution in [1.82, 2.24) is 4.98 Å². The molecule has 1 heterocycles. The number of para-hydroxylation sites is 1. The number of hydrogen-bond donors (Lipinski definition) is 1. The van der Waals surface area contributed by atoms with Crippen LogP contribution in [0.3, 0.4) is 0 Å². The van der Waals surface area contributed by atoms with E-state index < -0.39 is 0 Å². The molecule has 0 aliphatic rings. The van der Waals surface area contributed by atoms with Crippen molar-refractivity contribution in [3.05, 3.63) is 24.3 Å². The Morgan fingerprint density at radius 1 is 1.56 bits per heavy atom. The van der Waals surface area contributed by atoms with E-state index in [0.717, 1.165) is 16.6 Å². The first kappa shape index (κ1) is 11.5. The number of aromatic nitrogens is 1. The molecule has 5 heteroatoms. The second-order valence-corrected chi connectivity index (χ2v) is 5.49. The lowest BCUT2D eigenvalue weighted by Crippen LogP contribution is -2.21. The summed E-state index contributed by atoms with van der Waals surface area (Å²) in [7, 11) is 0. The highest BCUT2D eigenvalue weighted by Gasteiger charge is 2.14. The summed E-state index contributed by atoms with van der Waals surface area (Å²) in [5, 5.41) is 3.46. The predicted octanol–water partition coefficient (Wildman–Crippen LogP) is 3.41. The average molecular weight is 299 g/mol. The molecule has 2 rings (SSSR count). The summed E-state index contributed by atoms with van der Waals surface area (Å²) in [4.78, 5) is 15.8. The second-order valence-electron chi connectivity index (χ2n) is 3.35. The summed E-state index contributed by atoms with van der Waals surface area (Å²) in [5.41, 5.74) is 0.922. The molecule has 0 saturated heterocycles. The van der Waals surface area contributed by atoms with Crippen LogP contribution in [0.15, 0.2) is 24.3 Å². The van der Waals surface area contributed by atoms with E-state index in [1.54, 1.807) is 0 Å². The molecule has 2 aromatic rings. The standard InChI is InChI=1S/C11H11BrN2OS/c1-2-7(12)10(15)14-11-13-8-5-3-4-6-9(8)16-11/h3-7H,2H2,1H3,(H,13,14,15)/t7-/m0/s1. The van der Waals surface area contributed by atoms with Gasteiger partial charge in [-0.15, -0.1) is 0 Å². The van der Waals surface area contributed by atoms with E-state index in [1.165, 1.54) is 11.3 Å². The summed E-state index contributed by atoms with van der Waals surface area (Å²) in [5.74, 6) is -0.0402. The molecule has 1 amide bonds. The molecule has 0 spiro atoms. The molecular formula is C11H11BrN2OS.